The van der Waals surface area contributed by atoms with Crippen molar-refractivity contribution in [1.82, 2.24) is 0 Å². The van der Waals surface area contributed by atoms with Crippen LogP contribution in [0.3, 0.4) is 0 Å². The van der Waals surface area contributed by atoms with Gasteiger partial charge in [-0.15, -0.1) is 0 Å². The highest BCUT2D eigenvalue weighted by Gasteiger charge is 2.08. The lowest BCUT2D eigenvalue weighted by Gasteiger charge is -2.13. The van der Waals surface area contributed by atoms with Crippen molar-refractivity contribution in [3.8, 4) is 5.75 Å². The number of nitrogens with two attached hydrogens (primary N) is 1. The lowest BCUT2D eigenvalue weighted by atomic mass is 10.0. The molecule has 0 saturated carbocycles. The molecule has 0 heterocycles. The third-order valence-electron chi connectivity index (χ3n) is 2.72. The van der Waals surface area contributed by atoms with E-state index < -0.39 is 0 Å². The Hall–Kier alpha value is -0.540. The standard InChI is InChI=1S/C13H20BrNO/c1-3-4-5-6-12(15)10-7-8-13(16-2)11(14)9-10/h7-9,12H,3-6,15H2,1-2H3/t12-/m1/s1. The molecule has 2 nitrogen and oxygen atoms in total. The van der Waals surface area contributed by atoms with Crippen LogP contribution >= 0.6 is 15.9 Å². The number of ether oxygens (including phenoxy) is 1. The van der Waals surface area contributed by atoms with Crippen LogP contribution in [-0.4, -0.2) is 7.11 Å². The van der Waals surface area contributed by atoms with E-state index in [4.69, 9.17) is 10.5 Å². The van der Waals surface area contributed by atoms with Gasteiger partial charge in [-0.2, -0.15) is 0 Å². The van der Waals surface area contributed by atoms with Gasteiger partial charge in [-0.1, -0.05) is 32.3 Å². The van der Waals surface area contributed by atoms with Crippen molar-refractivity contribution in [3.63, 3.8) is 0 Å². The van der Waals surface area contributed by atoms with Crippen LogP contribution in [-0.2, 0) is 0 Å². The lowest BCUT2D eigenvalue weighted by Crippen LogP contribution is -2.10. The molecule has 0 aliphatic carbocycles. The quantitative estimate of drug-likeness (QED) is 0.801. The first-order chi connectivity index (χ1) is 7.69. The number of methoxy groups -OCH3 is 1. The van der Waals surface area contributed by atoms with Gasteiger partial charge in [0.25, 0.3) is 0 Å². The second-order valence-electron chi connectivity index (χ2n) is 4.00. The number of benzene rings is 1. The van der Waals surface area contributed by atoms with Crippen molar-refractivity contribution in [2.24, 2.45) is 5.73 Å². The molecule has 0 aromatic heterocycles. The number of unbranched alkanes of at least 4 members (excludes halogenated alkanes) is 2. The second kappa shape index (κ2) is 6.92. The molecule has 0 bridgehead atoms. The Morgan fingerprint density at radius 3 is 2.69 bits per heavy atom. The molecule has 0 aliphatic heterocycles. The Bertz CT molecular complexity index is 328. The fourth-order valence-corrected chi connectivity index (χ4v) is 2.25. The van der Waals surface area contributed by atoms with E-state index in [0.717, 1.165) is 16.6 Å². The Morgan fingerprint density at radius 1 is 1.38 bits per heavy atom. The zero-order chi connectivity index (χ0) is 12.0. The first kappa shape index (κ1) is 13.5. The van der Waals surface area contributed by atoms with E-state index >= 15 is 0 Å². The summed E-state index contributed by atoms with van der Waals surface area (Å²) in [7, 11) is 1.67. The summed E-state index contributed by atoms with van der Waals surface area (Å²) in [6, 6.07) is 6.18. The molecular weight excluding hydrogens is 266 g/mol. The van der Waals surface area contributed by atoms with Gasteiger partial charge >= 0.3 is 0 Å². The Kier molecular flexibility index (Phi) is 5.85. The van der Waals surface area contributed by atoms with E-state index in [-0.39, 0.29) is 6.04 Å². The van der Waals surface area contributed by atoms with Gasteiger partial charge in [0, 0.05) is 6.04 Å². The molecule has 0 aliphatic rings. The largest absolute Gasteiger partial charge is 0.496 e. The first-order valence-corrected chi connectivity index (χ1v) is 6.57. The molecule has 90 valence electrons. The van der Waals surface area contributed by atoms with Gasteiger partial charge in [0.05, 0.1) is 11.6 Å². The van der Waals surface area contributed by atoms with Crippen molar-refractivity contribution >= 4 is 15.9 Å². The van der Waals surface area contributed by atoms with Gasteiger partial charge in [-0.3, -0.25) is 0 Å². The number of rotatable bonds is 6. The molecule has 1 rings (SSSR count). The van der Waals surface area contributed by atoms with Crippen LogP contribution in [0, 0.1) is 0 Å². The Morgan fingerprint density at radius 2 is 2.12 bits per heavy atom. The SMILES string of the molecule is CCCCC[C@@H](N)c1ccc(OC)c(Br)c1. The molecule has 1 atom stereocenters. The molecule has 2 N–H and O–H groups in total. The molecule has 0 amide bonds. The fraction of sp³-hybridized carbons (Fsp3) is 0.538. The zero-order valence-corrected chi connectivity index (χ0v) is 11.6. The fourth-order valence-electron chi connectivity index (χ4n) is 1.69. The summed E-state index contributed by atoms with van der Waals surface area (Å²) in [5, 5.41) is 0. The highest BCUT2D eigenvalue weighted by Crippen LogP contribution is 2.28. The molecule has 1 aromatic carbocycles. The predicted octanol–water partition coefficient (Wildman–Crippen LogP) is 4.04. The van der Waals surface area contributed by atoms with Gasteiger partial charge < -0.3 is 10.5 Å². The van der Waals surface area contributed by atoms with Gasteiger partial charge in [0.2, 0.25) is 0 Å². The normalized spacial score (nSPS) is 12.5. The van der Waals surface area contributed by atoms with Crippen molar-refractivity contribution in [3.05, 3.63) is 28.2 Å². The first-order valence-electron chi connectivity index (χ1n) is 5.78. The monoisotopic (exact) mass is 285 g/mol. The maximum atomic E-state index is 6.13. The van der Waals surface area contributed by atoms with E-state index in [1.807, 2.05) is 12.1 Å². The minimum atomic E-state index is 0.133. The van der Waals surface area contributed by atoms with Gasteiger partial charge in [0.15, 0.2) is 0 Å². The van der Waals surface area contributed by atoms with E-state index in [1.54, 1.807) is 7.11 Å². The van der Waals surface area contributed by atoms with Gasteiger partial charge in [-0.25, -0.2) is 0 Å². The predicted molar refractivity (Wildman–Crippen MR) is 71.8 cm³/mol. The molecule has 16 heavy (non-hydrogen) atoms. The minimum absolute atomic E-state index is 0.133. The van der Waals surface area contributed by atoms with E-state index in [1.165, 1.54) is 24.8 Å². The summed E-state index contributed by atoms with van der Waals surface area (Å²) in [4.78, 5) is 0. The van der Waals surface area contributed by atoms with Crippen LogP contribution in [0.4, 0.5) is 0 Å². The maximum absolute atomic E-state index is 6.13. The molecular formula is C13H20BrNO. The maximum Gasteiger partial charge on any atom is 0.133 e. The average molecular weight is 286 g/mol. The minimum Gasteiger partial charge on any atom is -0.496 e. The highest BCUT2D eigenvalue weighted by molar-refractivity contribution is 9.10. The molecule has 0 unspecified atom stereocenters. The molecule has 0 fully saturated rings. The van der Waals surface area contributed by atoms with E-state index in [2.05, 4.69) is 28.9 Å². The van der Waals surface area contributed by atoms with Crippen LogP contribution in [0.25, 0.3) is 0 Å². The third-order valence-corrected chi connectivity index (χ3v) is 3.34. The molecule has 0 spiro atoms. The van der Waals surface area contributed by atoms with Crippen molar-refractivity contribution in [1.29, 1.82) is 0 Å². The van der Waals surface area contributed by atoms with Crippen molar-refractivity contribution in [2.75, 3.05) is 7.11 Å². The number of hydrogen-bond donors (Lipinski definition) is 1. The van der Waals surface area contributed by atoms with Crippen LogP contribution < -0.4 is 10.5 Å². The summed E-state index contributed by atoms with van der Waals surface area (Å²) in [5.41, 5.74) is 7.30. The van der Waals surface area contributed by atoms with Gasteiger partial charge in [-0.05, 0) is 40.0 Å². The van der Waals surface area contributed by atoms with Crippen LogP contribution in [0.5, 0.6) is 5.75 Å². The Labute approximate surface area is 106 Å². The average Bonchev–Trinajstić information content (AvgIpc) is 2.29. The summed E-state index contributed by atoms with van der Waals surface area (Å²) in [5.74, 6) is 0.851. The summed E-state index contributed by atoms with van der Waals surface area (Å²) < 4.78 is 6.16. The second-order valence-corrected chi connectivity index (χ2v) is 4.85. The molecule has 3 heteroatoms. The van der Waals surface area contributed by atoms with Gasteiger partial charge in [0.1, 0.15) is 5.75 Å². The summed E-state index contributed by atoms with van der Waals surface area (Å²) in [6.07, 6.45) is 4.73. The number of hydrogen-bond acceptors (Lipinski definition) is 2. The smallest absolute Gasteiger partial charge is 0.133 e. The highest BCUT2D eigenvalue weighted by atomic mass is 79.9. The third kappa shape index (κ3) is 3.80. The lowest BCUT2D eigenvalue weighted by molar-refractivity contribution is 0.411. The molecule has 0 radical (unpaired) electrons. The van der Waals surface area contributed by atoms with E-state index in [9.17, 15) is 0 Å². The van der Waals surface area contributed by atoms with Crippen LogP contribution in [0.15, 0.2) is 22.7 Å². The summed E-state index contributed by atoms with van der Waals surface area (Å²) in [6.45, 7) is 2.20. The van der Waals surface area contributed by atoms with E-state index in [0.29, 0.717) is 0 Å². The zero-order valence-electron chi connectivity index (χ0n) is 10.0. The number of halogens is 1. The molecule has 0 saturated heterocycles. The Balaban J connectivity index is 2.62. The van der Waals surface area contributed by atoms with Crippen LogP contribution in [0.1, 0.15) is 44.2 Å². The summed E-state index contributed by atoms with van der Waals surface area (Å²) >= 11 is 3.48. The van der Waals surface area contributed by atoms with Crippen molar-refractivity contribution in [2.45, 2.75) is 38.6 Å². The topological polar surface area (TPSA) is 35.2 Å². The van der Waals surface area contributed by atoms with Crippen LogP contribution in [0.2, 0.25) is 0 Å². The van der Waals surface area contributed by atoms with Crippen molar-refractivity contribution < 1.29 is 4.74 Å². The molecule has 1 aromatic rings.